The predicted octanol–water partition coefficient (Wildman–Crippen LogP) is 1.58. The van der Waals surface area contributed by atoms with E-state index < -0.39 is 11.5 Å². The van der Waals surface area contributed by atoms with E-state index in [0.717, 1.165) is 13.1 Å². The number of carboxylic acids is 1. The Kier molecular flexibility index (Phi) is 2.96. The molecule has 1 fully saturated rings. The number of hydrogen-bond acceptors (Lipinski definition) is 2. The predicted molar refractivity (Wildman–Crippen MR) is 51.7 cm³/mol. The Bertz CT molecular complexity index is 193. The molecule has 0 atom stereocenters. The second-order valence-electron chi connectivity index (χ2n) is 4.05. The van der Waals surface area contributed by atoms with E-state index in [2.05, 4.69) is 11.8 Å². The second kappa shape index (κ2) is 3.66. The Morgan fingerprint density at radius 2 is 1.92 bits per heavy atom. The van der Waals surface area contributed by atoms with E-state index in [1.54, 1.807) is 0 Å². The molecule has 0 unspecified atom stereocenters. The Morgan fingerprint density at radius 3 is 2.15 bits per heavy atom. The molecule has 1 aliphatic heterocycles. The zero-order chi connectivity index (χ0) is 10.1. The van der Waals surface area contributed by atoms with Gasteiger partial charge in [0.05, 0.1) is 0 Å². The summed E-state index contributed by atoms with van der Waals surface area (Å²) < 4.78 is 0. The van der Waals surface area contributed by atoms with Crippen molar-refractivity contribution in [2.75, 3.05) is 13.1 Å². The molecule has 0 spiro atoms. The van der Waals surface area contributed by atoms with Crippen LogP contribution in [0.1, 0.15) is 33.6 Å². The Morgan fingerprint density at radius 1 is 1.46 bits per heavy atom. The van der Waals surface area contributed by atoms with Crippen molar-refractivity contribution in [3.05, 3.63) is 0 Å². The Labute approximate surface area is 79.7 Å². The number of aliphatic carboxylic acids is 1. The van der Waals surface area contributed by atoms with Gasteiger partial charge in [0, 0.05) is 13.1 Å². The molecule has 0 aromatic carbocycles. The first-order valence-corrected chi connectivity index (χ1v) is 5.05. The minimum atomic E-state index is -0.663. The maximum absolute atomic E-state index is 11.2. The standard InChI is InChI=1S/C10H19NO2/c1-4-10(5-2,9(12)13)11-6-8(3)7-11/h8H,4-7H2,1-3H3,(H,12,13). The maximum atomic E-state index is 11.2. The molecular weight excluding hydrogens is 166 g/mol. The lowest BCUT2D eigenvalue weighted by molar-refractivity contribution is -0.157. The first kappa shape index (κ1) is 10.5. The summed E-state index contributed by atoms with van der Waals surface area (Å²) in [7, 11) is 0. The van der Waals surface area contributed by atoms with E-state index in [1.165, 1.54) is 0 Å². The number of rotatable bonds is 4. The SMILES string of the molecule is CCC(CC)(C(=O)O)N1CC(C)C1. The summed E-state index contributed by atoms with van der Waals surface area (Å²) >= 11 is 0. The van der Waals surface area contributed by atoms with Gasteiger partial charge < -0.3 is 5.11 Å². The van der Waals surface area contributed by atoms with Gasteiger partial charge in [-0.1, -0.05) is 20.8 Å². The highest BCUT2D eigenvalue weighted by atomic mass is 16.4. The summed E-state index contributed by atoms with van der Waals surface area (Å²) in [6.07, 6.45) is 1.40. The fourth-order valence-corrected chi connectivity index (χ4v) is 2.18. The summed E-state index contributed by atoms with van der Waals surface area (Å²) in [6.45, 7) is 7.96. The van der Waals surface area contributed by atoms with Crippen LogP contribution in [0.15, 0.2) is 0 Å². The molecule has 3 nitrogen and oxygen atoms in total. The lowest BCUT2D eigenvalue weighted by atomic mass is 9.85. The number of nitrogens with zero attached hydrogens (tertiary/aromatic N) is 1. The first-order chi connectivity index (χ1) is 6.06. The van der Waals surface area contributed by atoms with Crippen LogP contribution in [0.25, 0.3) is 0 Å². The smallest absolute Gasteiger partial charge is 0.324 e. The summed E-state index contributed by atoms with van der Waals surface area (Å²) in [6, 6.07) is 0. The number of hydrogen-bond donors (Lipinski definition) is 1. The molecule has 0 aromatic rings. The molecule has 1 aliphatic rings. The molecule has 1 saturated heterocycles. The van der Waals surface area contributed by atoms with Gasteiger partial charge in [-0.2, -0.15) is 0 Å². The fraction of sp³-hybridized carbons (Fsp3) is 0.900. The molecule has 0 amide bonds. The van der Waals surface area contributed by atoms with Crippen LogP contribution < -0.4 is 0 Å². The average molecular weight is 185 g/mol. The molecule has 3 heteroatoms. The Balaban J connectivity index is 2.72. The topological polar surface area (TPSA) is 40.5 Å². The minimum absolute atomic E-state index is 0.591. The van der Waals surface area contributed by atoms with Crippen molar-refractivity contribution in [1.29, 1.82) is 0 Å². The van der Waals surface area contributed by atoms with Gasteiger partial charge in [0.1, 0.15) is 5.54 Å². The zero-order valence-electron chi connectivity index (χ0n) is 8.71. The first-order valence-electron chi connectivity index (χ1n) is 5.05. The van der Waals surface area contributed by atoms with E-state index in [0.29, 0.717) is 18.8 Å². The van der Waals surface area contributed by atoms with E-state index in [-0.39, 0.29) is 0 Å². The molecule has 13 heavy (non-hydrogen) atoms. The highest BCUT2D eigenvalue weighted by molar-refractivity contribution is 5.78. The van der Waals surface area contributed by atoms with Crippen molar-refractivity contribution in [1.82, 2.24) is 4.90 Å². The molecule has 0 radical (unpaired) electrons. The van der Waals surface area contributed by atoms with Crippen LogP contribution in [0.2, 0.25) is 0 Å². The minimum Gasteiger partial charge on any atom is -0.480 e. The highest BCUT2D eigenvalue weighted by Crippen LogP contribution is 2.31. The normalized spacial score (nSPS) is 19.9. The van der Waals surface area contributed by atoms with E-state index in [9.17, 15) is 9.90 Å². The van der Waals surface area contributed by atoms with Crippen LogP contribution >= 0.6 is 0 Å². The fourth-order valence-electron chi connectivity index (χ4n) is 2.18. The van der Waals surface area contributed by atoms with Gasteiger partial charge >= 0.3 is 5.97 Å². The van der Waals surface area contributed by atoms with Crippen LogP contribution in [0.5, 0.6) is 0 Å². The van der Waals surface area contributed by atoms with Gasteiger partial charge in [-0.05, 0) is 18.8 Å². The second-order valence-corrected chi connectivity index (χ2v) is 4.05. The van der Waals surface area contributed by atoms with E-state index >= 15 is 0 Å². The number of carboxylic acid groups (broad SMARTS) is 1. The van der Waals surface area contributed by atoms with E-state index in [4.69, 9.17) is 0 Å². The van der Waals surface area contributed by atoms with Gasteiger partial charge in [-0.3, -0.25) is 9.69 Å². The summed E-state index contributed by atoms with van der Waals surface area (Å²) in [5, 5.41) is 9.20. The summed E-state index contributed by atoms with van der Waals surface area (Å²) in [5.41, 5.74) is -0.591. The number of likely N-dealkylation sites (tertiary alicyclic amines) is 1. The molecule has 0 saturated carbocycles. The molecule has 1 N–H and O–H groups in total. The van der Waals surface area contributed by atoms with Crippen LogP contribution in [-0.4, -0.2) is 34.6 Å². The summed E-state index contributed by atoms with van der Waals surface area (Å²) in [5.74, 6) is 0.00113. The molecule has 1 rings (SSSR count). The number of carbonyl (C=O) groups is 1. The van der Waals surface area contributed by atoms with Gasteiger partial charge in [0.2, 0.25) is 0 Å². The third kappa shape index (κ3) is 1.57. The van der Waals surface area contributed by atoms with Crippen LogP contribution in [0.4, 0.5) is 0 Å². The van der Waals surface area contributed by atoms with Gasteiger partial charge in [0.15, 0.2) is 0 Å². The maximum Gasteiger partial charge on any atom is 0.324 e. The highest BCUT2D eigenvalue weighted by Gasteiger charge is 2.45. The van der Waals surface area contributed by atoms with Gasteiger partial charge in [-0.15, -0.1) is 0 Å². The quantitative estimate of drug-likeness (QED) is 0.723. The van der Waals surface area contributed by atoms with Crippen molar-refractivity contribution in [3.8, 4) is 0 Å². The van der Waals surface area contributed by atoms with Gasteiger partial charge in [-0.25, -0.2) is 0 Å². The molecule has 0 bridgehead atoms. The zero-order valence-corrected chi connectivity index (χ0v) is 8.71. The lowest BCUT2D eigenvalue weighted by Gasteiger charge is -2.48. The molecule has 0 aliphatic carbocycles. The van der Waals surface area contributed by atoms with E-state index in [1.807, 2.05) is 13.8 Å². The van der Waals surface area contributed by atoms with Crippen LogP contribution in [0, 0.1) is 5.92 Å². The third-order valence-electron chi connectivity index (χ3n) is 3.24. The van der Waals surface area contributed by atoms with Gasteiger partial charge in [0.25, 0.3) is 0 Å². The monoisotopic (exact) mass is 185 g/mol. The third-order valence-corrected chi connectivity index (χ3v) is 3.24. The van der Waals surface area contributed by atoms with Crippen LogP contribution in [0.3, 0.4) is 0 Å². The van der Waals surface area contributed by atoms with Crippen LogP contribution in [-0.2, 0) is 4.79 Å². The van der Waals surface area contributed by atoms with Crippen molar-refractivity contribution in [3.63, 3.8) is 0 Å². The Hall–Kier alpha value is -0.570. The molecule has 76 valence electrons. The molecule has 1 heterocycles. The average Bonchev–Trinajstić information content (AvgIpc) is 2.04. The van der Waals surface area contributed by atoms with Crippen molar-refractivity contribution in [2.24, 2.45) is 5.92 Å². The van der Waals surface area contributed by atoms with Crippen molar-refractivity contribution >= 4 is 5.97 Å². The van der Waals surface area contributed by atoms with Crippen molar-refractivity contribution < 1.29 is 9.90 Å². The molecule has 0 aromatic heterocycles. The summed E-state index contributed by atoms with van der Waals surface area (Å²) in [4.78, 5) is 13.3. The lowest BCUT2D eigenvalue weighted by Crippen LogP contribution is -2.62. The molecular formula is C10H19NO2. The largest absolute Gasteiger partial charge is 0.480 e. The van der Waals surface area contributed by atoms with Crippen molar-refractivity contribution in [2.45, 2.75) is 39.2 Å².